The maximum atomic E-state index is 9.23. The molecule has 1 saturated carbocycles. The molecule has 3 nitrogen and oxygen atoms in total. The van der Waals surface area contributed by atoms with Crippen LogP contribution in [0.25, 0.3) is 0 Å². The number of rotatable bonds is 3. The summed E-state index contributed by atoms with van der Waals surface area (Å²) < 4.78 is 5.47. The van der Waals surface area contributed by atoms with Crippen LogP contribution in [0.15, 0.2) is 18.3 Å². The normalized spacial score (nSPS) is 18.3. The van der Waals surface area contributed by atoms with Gasteiger partial charge in [0.1, 0.15) is 6.10 Å². The van der Waals surface area contributed by atoms with E-state index < -0.39 is 6.10 Å². The zero-order chi connectivity index (χ0) is 9.26. The minimum absolute atomic E-state index is 0.380. The second-order valence-corrected chi connectivity index (χ2v) is 3.42. The van der Waals surface area contributed by atoms with Crippen LogP contribution in [0.2, 0.25) is 0 Å². The van der Waals surface area contributed by atoms with Crippen LogP contribution in [0, 0.1) is 0 Å². The number of hydrogen-bond acceptors (Lipinski definition) is 3. The van der Waals surface area contributed by atoms with E-state index in [1.807, 2.05) is 6.07 Å². The minimum Gasteiger partial charge on any atom is -0.474 e. The first-order valence-corrected chi connectivity index (χ1v) is 4.56. The Labute approximate surface area is 77.4 Å². The van der Waals surface area contributed by atoms with E-state index in [-0.39, 0.29) is 0 Å². The first-order chi connectivity index (χ1) is 6.25. The van der Waals surface area contributed by atoms with E-state index in [4.69, 9.17) is 4.74 Å². The smallest absolute Gasteiger partial charge is 0.213 e. The SMILES string of the molecule is CC(O)c1ccc(OC2CC2)nc1. The van der Waals surface area contributed by atoms with Gasteiger partial charge in [-0.15, -0.1) is 0 Å². The predicted molar refractivity (Wildman–Crippen MR) is 48.5 cm³/mol. The van der Waals surface area contributed by atoms with Gasteiger partial charge in [0, 0.05) is 12.3 Å². The van der Waals surface area contributed by atoms with Crippen LogP contribution in [0.4, 0.5) is 0 Å². The predicted octanol–water partition coefficient (Wildman–Crippen LogP) is 1.68. The first-order valence-electron chi connectivity index (χ1n) is 4.56. The quantitative estimate of drug-likeness (QED) is 0.767. The Morgan fingerprint density at radius 1 is 1.54 bits per heavy atom. The second kappa shape index (κ2) is 3.34. The maximum absolute atomic E-state index is 9.23. The summed E-state index contributed by atoms with van der Waals surface area (Å²) >= 11 is 0. The highest BCUT2D eigenvalue weighted by Gasteiger charge is 2.23. The topological polar surface area (TPSA) is 42.4 Å². The van der Waals surface area contributed by atoms with Gasteiger partial charge in [0.05, 0.1) is 6.10 Å². The van der Waals surface area contributed by atoms with Gasteiger partial charge in [-0.2, -0.15) is 0 Å². The third-order valence-corrected chi connectivity index (χ3v) is 2.05. The molecule has 1 aliphatic rings. The summed E-state index contributed by atoms with van der Waals surface area (Å²) in [5, 5.41) is 9.23. The molecule has 0 aromatic carbocycles. The Kier molecular flexibility index (Phi) is 2.19. The van der Waals surface area contributed by atoms with Gasteiger partial charge in [-0.25, -0.2) is 4.98 Å². The summed E-state index contributed by atoms with van der Waals surface area (Å²) in [7, 11) is 0. The van der Waals surface area contributed by atoms with Crippen LogP contribution in [0.3, 0.4) is 0 Å². The highest BCUT2D eigenvalue weighted by Crippen LogP contribution is 2.25. The number of aromatic nitrogens is 1. The zero-order valence-electron chi connectivity index (χ0n) is 7.60. The van der Waals surface area contributed by atoms with Crippen molar-refractivity contribution in [1.82, 2.24) is 4.98 Å². The fraction of sp³-hybridized carbons (Fsp3) is 0.500. The summed E-state index contributed by atoms with van der Waals surface area (Å²) in [4.78, 5) is 4.10. The molecule has 70 valence electrons. The number of ether oxygens (including phenoxy) is 1. The third-order valence-electron chi connectivity index (χ3n) is 2.05. The van der Waals surface area contributed by atoms with Gasteiger partial charge >= 0.3 is 0 Å². The monoisotopic (exact) mass is 179 g/mol. The van der Waals surface area contributed by atoms with Crippen molar-refractivity contribution in [1.29, 1.82) is 0 Å². The molecule has 1 aromatic rings. The van der Waals surface area contributed by atoms with E-state index in [0.29, 0.717) is 12.0 Å². The Morgan fingerprint density at radius 3 is 2.77 bits per heavy atom. The highest BCUT2D eigenvalue weighted by atomic mass is 16.5. The van der Waals surface area contributed by atoms with Crippen molar-refractivity contribution < 1.29 is 9.84 Å². The van der Waals surface area contributed by atoms with Crippen LogP contribution in [0.5, 0.6) is 5.88 Å². The molecule has 0 bridgehead atoms. The molecule has 3 heteroatoms. The van der Waals surface area contributed by atoms with Crippen molar-refractivity contribution in [3.63, 3.8) is 0 Å². The Bertz CT molecular complexity index is 277. The lowest BCUT2D eigenvalue weighted by Crippen LogP contribution is -1.99. The summed E-state index contributed by atoms with van der Waals surface area (Å²) in [6, 6.07) is 3.65. The van der Waals surface area contributed by atoms with Gasteiger partial charge in [-0.05, 0) is 31.4 Å². The van der Waals surface area contributed by atoms with E-state index >= 15 is 0 Å². The Balaban J connectivity index is 2.04. The summed E-state index contributed by atoms with van der Waals surface area (Å²) in [6.07, 6.45) is 3.86. The molecule has 0 spiro atoms. The van der Waals surface area contributed by atoms with Crippen LogP contribution >= 0.6 is 0 Å². The zero-order valence-corrected chi connectivity index (χ0v) is 7.60. The molecular formula is C10H13NO2. The lowest BCUT2D eigenvalue weighted by atomic mass is 10.2. The fourth-order valence-corrected chi connectivity index (χ4v) is 1.07. The van der Waals surface area contributed by atoms with Crippen LogP contribution in [0.1, 0.15) is 31.4 Å². The van der Waals surface area contributed by atoms with Gasteiger partial charge in [0.2, 0.25) is 5.88 Å². The van der Waals surface area contributed by atoms with E-state index in [9.17, 15) is 5.11 Å². The highest BCUT2D eigenvalue weighted by molar-refractivity contribution is 5.19. The number of aliphatic hydroxyl groups is 1. The van der Waals surface area contributed by atoms with Crippen LogP contribution in [-0.2, 0) is 0 Å². The summed E-state index contributed by atoms with van der Waals surface area (Å²) in [6.45, 7) is 1.72. The minimum atomic E-state index is -0.456. The largest absolute Gasteiger partial charge is 0.474 e. The van der Waals surface area contributed by atoms with Crippen molar-refractivity contribution in [2.75, 3.05) is 0 Å². The van der Waals surface area contributed by atoms with E-state index in [0.717, 1.165) is 18.4 Å². The van der Waals surface area contributed by atoms with Crippen molar-refractivity contribution in [2.24, 2.45) is 0 Å². The van der Waals surface area contributed by atoms with Gasteiger partial charge < -0.3 is 9.84 Å². The van der Waals surface area contributed by atoms with E-state index in [2.05, 4.69) is 4.98 Å². The number of aliphatic hydroxyl groups excluding tert-OH is 1. The fourth-order valence-electron chi connectivity index (χ4n) is 1.07. The average Bonchev–Trinajstić information content (AvgIpc) is 2.89. The Morgan fingerprint density at radius 2 is 2.31 bits per heavy atom. The molecule has 1 heterocycles. The van der Waals surface area contributed by atoms with E-state index in [1.54, 1.807) is 19.2 Å². The van der Waals surface area contributed by atoms with E-state index in [1.165, 1.54) is 0 Å². The molecule has 0 aliphatic heterocycles. The van der Waals surface area contributed by atoms with Crippen molar-refractivity contribution in [3.05, 3.63) is 23.9 Å². The first kappa shape index (κ1) is 8.51. The molecule has 0 saturated heterocycles. The molecule has 0 radical (unpaired) electrons. The van der Waals surface area contributed by atoms with Crippen molar-refractivity contribution in [3.8, 4) is 5.88 Å². The van der Waals surface area contributed by atoms with Gasteiger partial charge in [0.25, 0.3) is 0 Å². The maximum Gasteiger partial charge on any atom is 0.213 e. The third kappa shape index (κ3) is 2.18. The van der Waals surface area contributed by atoms with Crippen LogP contribution in [-0.4, -0.2) is 16.2 Å². The van der Waals surface area contributed by atoms with Gasteiger partial charge in [0.15, 0.2) is 0 Å². The van der Waals surface area contributed by atoms with Crippen LogP contribution < -0.4 is 4.74 Å². The molecule has 1 unspecified atom stereocenters. The number of hydrogen-bond donors (Lipinski definition) is 1. The number of nitrogens with zero attached hydrogens (tertiary/aromatic N) is 1. The number of pyridine rings is 1. The molecule has 1 aliphatic carbocycles. The molecule has 1 N–H and O–H groups in total. The Hall–Kier alpha value is -1.09. The molecule has 0 amide bonds. The summed E-state index contributed by atoms with van der Waals surface area (Å²) in [5.74, 6) is 0.659. The molecular weight excluding hydrogens is 166 g/mol. The molecule has 1 aromatic heterocycles. The molecule has 2 rings (SSSR count). The second-order valence-electron chi connectivity index (χ2n) is 3.42. The van der Waals surface area contributed by atoms with Gasteiger partial charge in [-0.1, -0.05) is 0 Å². The van der Waals surface area contributed by atoms with Gasteiger partial charge in [-0.3, -0.25) is 0 Å². The molecule has 1 fully saturated rings. The summed E-state index contributed by atoms with van der Waals surface area (Å²) in [5.41, 5.74) is 0.822. The average molecular weight is 179 g/mol. The molecule has 1 atom stereocenters. The molecule has 13 heavy (non-hydrogen) atoms. The lowest BCUT2D eigenvalue weighted by molar-refractivity contribution is 0.198. The van der Waals surface area contributed by atoms with Crippen molar-refractivity contribution in [2.45, 2.75) is 32.0 Å². The standard InChI is InChI=1S/C10H13NO2/c1-7(12)8-2-5-10(11-6-8)13-9-3-4-9/h2,5-7,9,12H,3-4H2,1H3. The van der Waals surface area contributed by atoms with Crippen molar-refractivity contribution >= 4 is 0 Å². The lowest BCUT2D eigenvalue weighted by Gasteiger charge is -2.05.